The van der Waals surface area contributed by atoms with E-state index in [2.05, 4.69) is 15.8 Å². The molecule has 2 amide bonds. The standard InChI is InChI=1S/C25H25N3O3/c1-17-4-9-21(10-5-17)25(30)28-26-15-20-7-12-23(13-8-20)31-16-24(29)27-22-11-6-18(2)19(3)14-22/h4-15H,16H2,1-3H3,(H,27,29)(H,28,30)/b26-15-. The summed E-state index contributed by atoms with van der Waals surface area (Å²) in [5, 5.41) is 6.80. The smallest absolute Gasteiger partial charge is 0.271 e. The fraction of sp³-hybridized carbons (Fsp3) is 0.160. The highest BCUT2D eigenvalue weighted by atomic mass is 16.5. The number of carbonyl (C=O) groups excluding carboxylic acids is 2. The number of carbonyl (C=O) groups is 2. The highest BCUT2D eigenvalue weighted by molar-refractivity contribution is 5.95. The molecule has 3 aromatic carbocycles. The Labute approximate surface area is 182 Å². The van der Waals surface area contributed by atoms with Gasteiger partial charge in [0.1, 0.15) is 5.75 Å². The van der Waals surface area contributed by atoms with Crippen molar-refractivity contribution in [2.24, 2.45) is 5.10 Å². The van der Waals surface area contributed by atoms with Crippen LogP contribution in [0.2, 0.25) is 0 Å². The van der Waals surface area contributed by atoms with Gasteiger partial charge in [0.05, 0.1) is 6.21 Å². The van der Waals surface area contributed by atoms with Gasteiger partial charge in [-0.2, -0.15) is 5.10 Å². The lowest BCUT2D eigenvalue weighted by molar-refractivity contribution is -0.118. The van der Waals surface area contributed by atoms with Gasteiger partial charge in [-0.05, 0) is 86.0 Å². The Morgan fingerprint density at radius 2 is 1.61 bits per heavy atom. The molecule has 0 saturated carbocycles. The molecule has 2 N–H and O–H groups in total. The van der Waals surface area contributed by atoms with Gasteiger partial charge in [0.15, 0.2) is 6.61 Å². The molecule has 0 unspecified atom stereocenters. The van der Waals surface area contributed by atoms with E-state index in [1.165, 1.54) is 5.56 Å². The molecular formula is C25H25N3O3. The molecule has 6 nitrogen and oxygen atoms in total. The third-order valence-electron chi connectivity index (χ3n) is 4.73. The number of benzene rings is 3. The van der Waals surface area contributed by atoms with Crippen molar-refractivity contribution in [3.05, 3.63) is 94.5 Å². The average molecular weight is 415 g/mol. The van der Waals surface area contributed by atoms with Crippen LogP contribution in [0.25, 0.3) is 0 Å². The number of anilines is 1. The quantitative estimate of drug-likeness (QED) is 0.444. The summed E-state index contributed by atoms with van der Waals surface area (Å²) in [5.74, 6) is 0.0646. The van der Waals surface area contributed by atoms with Gasteiger partial charge in [-0.1, -0.05) is 23.8 Å². The zero-order valence-electron chi connectivity index (χ0n) is 17.8. The maximum atomic E-state index is 12.1. The van der Waals surface area contributed by atoms with Crippen LogP contribution in [0.4, 0.5) is 5.69 Å². The molecule has 0 saturated heterocycles. The monoisotopic (exact) mass is 415 g/mol. The molecule has 0 aliphatic carbocycles. The SMILES string of the molecule is Cc1ccc(C(=O)N/N=C\c2ccc(OCC(=O)Nc3ccc(C)c(C)c3)cc2)cc1. The Hall–Kier alpha value is -3.93. The Morgan fingerprint density at radius 1 is 0.903 bits per heavy atom. The molecule has 0 heterocycles. The minimum Gasteiger partial charge on any atom is -0.484 e. The molecule has 0 aromatic heterocycles. The largest absolute Gasteiger partial charge is 0.484 e. The van der Waals surface area contributed by atoms with Gasteiger partial charge in [0.25, 0.3) is 11.8 Å². The fourth-order valence-electron chi connectivity index (χ4n) is 2.75. The molecule has 3 aromatic rings. The minimum atomic E-state index is -0.272. The first kappa shape index (κ1) is 21.8. The summed E-state index contributed by atoms with van der Waals surface area (Å²) in [4.78, 5) is 24.1. The van der Waals surface area contributed by atoms with Crippen LogP contribution in [-0.4, -0.2) is 24.6 Å². The van der Waals surface area contributed by atoms with Crippen molar-refractivity contribution >= 4 is 23.7 Å². The predicted octanol–water partition coefficient (Wildman–Crippen LogP) is 4.39. The molecule has 31 heavy (non-hydrogen) atoms. The third-order valence-corrected chi connectivity index (χ3v) is 4.73. The average Bonchev–Trinajstić information content (AvgIpc) is 2.76. The second-order valence-corrected chi connectivity index (χ2v) is 7.27. The minimum absolute atomic E-state index is 0.0903. The molecule has 158 valence electrons. The molecule has 6 heteroatoms. The van der Waals surface area contributed by atoms with E-state index in [0.29, 0.717) is 11.3 Å². The Bertz CT molecular complexity index is 1090. The molecule has 0 atom stereocenters. The number of ether oxygens (including phenoxy) is 1. The van der Waals surface area contributed by atoms with E-state index in [1.807, 2.05) is 51.1 Å². The molecule has 0 bridgehead atoms. The van der Waals surface area contributed by atoms with Crippen LogP contribution in [0, 0.1) is 20.8 Å². The van der Waals surface area contributed by atoms with Crippen molar-refractivity contribution in [2.75, 3.05) is 11.9 Å². The number of nitrogens with zero attached hydrogens (tertiary/aromatic N) is 1. The van der Waals surface area contributed by atoms with Crippen molar-refractivity contribution in [2.45, 2.75) is 20.8 Å². The lowest BCUT2D eigenvalue weighted by Gasteiger charge is -2.09. The van der Waals surface area contributed by atoms with Crippen LogP contribution in [0.3, 0.4) is 0 Å². The topological polar surface area (TPSA) is 79.8 Å². The molecule has 0 fully saturated rings. The van der Waals surface area contributed by atoms with Gasteiger partial charge >= 0.3 is 0 Å². The number of aryl methyl sites for hydroxylation is 3. The highest BCUT2D eigenvalue weighted by Crippen LogP contribution is 2.15. The lowest BCUT2D eigenvalue weighted by Crippen LogP contribution is -2.20. The first-order valence-electron chi connectivity index (χ1n) is 9.91. The molecule has 0 radical (unpaired) electrons. The summed E-state index contributed by atoms with van der Waals surface area (Å²) in [7, 11) is 0. The van der Waals surface area contributed by atoms with Crippen molar-refractivity contribution in [3.63, 3.8) is 0 Å². The van der Waals surface area contributed by atoms with Gasteiger partial charge in [0, 0.05) is 11.3 Å². The fourth-order valence-corrected chi connectivity index (χ4v) is 2.75. The van der Waals surface area contributed by atoms with E-state index in [1.54, 1.807) is 42.6 Å². The van der Waals surface area contributed by atoms with Crippen LogP contribution in [0.15, 0.2) is 71.8 Å². The predicted molar refractivity (Wildman–Crippen MR) is 123 cm³/mol. The zero-order valence-corrected chi connectivity index (χ0v) is 17.8. The number of amides is 2. The molecule has 0 spiro atoms. The van der Waals surface area contributed by atoms with E-state index < -0.39 is 0 Å². The van der Waals surface area contributed by atoms with Gasteiger partial charge < -0.3 is 10.1 Å². The van der Waals surface area contributed by atoms with Crippen molar-refractivity contribution < 1.29 is 14.3 Å². The normalized spacial score (nSPS) is 10.7. The maximum absolute atomic E-state index is 12.1. The number of hydrogen-bond donors (Lipinski definition) is 2. The maximum Gasteiger partial charge on any atom is 0.271 e. The van der Waals surface area contributed by atoms with Crippen molar-refractivity contribution in [1.29, 1.82) is 0 Å². The summed E-state index contributed by atoms with van der Waals surface area (Å²) in [6.07, 6.45) is 1.54. The van der Waals surface area contributed by atoms with E-state index in [0.717, 1.165) is 22.4 Å². The second kappa shape index (κ2) is 10.2. The van der Waals surface area contributed by atoms with Crippen LogP contribution in [0.1, 0.15) is 32.6 Å². The van der Waals surface area contributed by atoms with Crippen molar-refractivity contribution in [3.8, 4) is 5.75 Å². The van der Waals surface area contributed by atoms with Gasteiger partial charge in [-0.25, -0.2) is 5.43 Å². The Kier molecular flexibility index (Phi) is 7.17. The molecule has 0 aliphatic rings. The first-order chi connectivity index (χ1) is 14.9. The summed E-state index contributed by atoms with van der Waals surface area (Å²) in [5.41, 5.74) is 7.96. The van der Waals surface area contributed by atoms with E-state index in [4.69, 9.17) is 4.74 Å². The van der Waals surface area contributed by atoms with Gasteiger partial charge in [-0.3, -0.25) is 9.59 Å². The summed E-state index contributed by atoms with van der Waals surface area (Å²) in [6.45, 7) is 5.90. The highest BCUT2D eigenvalue weighted by Gasteiger charge is 2.05. The van der Waals surface area contributed by atoms with Crippen LogP contribution < -0.4 is 15.5 Å². The summed E-state index contributed by atoms with van der Waals surface area (Å²) in [6, 6.07) is 20.1. The molecule has 0 aliphatic heterocycles. The van der Waals surface area contributed by atoms with Crippen LogP contribution >= 0.6 is 0 Å². The molecular weight excluding hydrogens is 390 g/mol. The lowest BCUT2D eigenvalue weighted by atomic mass is 10.1. The Morgan fingerprint density at radius 3 is 2.29 bits per heavy atom. The number of nitrogens with one attached hydrogen (secondary N) is 2. The van der Waals surface area contributed by atoms with E-state index in [-0.39, 0.29) is 18.4 Å². The number of hydrogen-bond acceptors (Lipinski definition) is 4. The number of rotatable bonds is 7. The zero-order chi connectivity index (χ0) is 22.2. The molecule has 3 rings (SSSR count). The van der Waals surface area contributed by atoms with Crippen LogP contribution in [0.5, 0.6) is 5.75 Å². The van der Waals surface area contributed by atoms with Crippen LogP contribution in [-0.2, 0) is 4.79 Å². The summed E-state index contributed by atoms with van der Waals surface area (Å²) < 4.78 is 5.53. The van der Waals surface area contributed by atoms with Gasteiger partial charge in [-0.15, -0.1) is 0 Å². The van der Waals surface area contributed by atoms with E-state index >= 15 is 0 Å². The van der Waals surface area contributed by atoms with E-state index in [9.17, 15) is 9.59 Å². The summed E-state index contributed by atoms with van der Waals surface area (Å²) >= 11 is 0. The third kappa shape index (κ3) is 6.54. The Balaban J connectivity index is 1.46. The van der Waals surface area contributed by atoms with Crippen molar-refractivity contribution in [1.82, 2.24) is 5.43 Å². The second-order valence-electron chi connectivity index (χ2n) is 7.27. The first-order valence-corrected chi connectivity index (χ1v) is 9.91. The number of hydrazone groups is 1. The van der Waals surface area contributed by atoms with Gasteiger partial charge in [0.2, 0.25) is 0 Å².